The molecule has 1 saturated carbocycles. The van der Waals surface area contributed by atoms with Crippen LogP contribution in [0.2, 0.25) is 0 Å². The quantitative estimate of drug-likeness (QED) is 0.765. The van der Waals surface area contributed by atoms with Crippen molar-refractivity contribution in [2.75, 3.05) is 5.32 Å². The molecular formula is C19H21N5O. The predicted octanol–water partition coefficient (Wildman–Crippen LogP) is 2.59. The number of rotatable bonds is 4. The van der Waals surface area contributed by atoms with Crippen LogP contribution >= 0.6 is 0 Å². The number of pyridine rings is 1. The molecule has 2 aromatic heterocycles. The molecule has 3 N–H and O–H groups in total. The Kier molecular flexibility index (Phi) is 3.77. The lowest BCUT2D eigenvalue weighted by Gasteiger charge is -2.12. The number of fused-ring (bicyclic) bond motifs is 1. The summed E-state index contributed by atoms with van der Waals surface area (Å²) < 4.78 is 1.49. The number of nitrogens with zero attached hydrogens (tertiary/aromatic N) is 3. The predicted molar refractivity (Wildman–Crippen MR) is 99.5 cm³/mol. The van der Waals surface area contributed by atoms with E-state index in [0.29, 0.717) is 22.8 Å². The number of hydrogen-bond acceptors (Lipinski definition) is 5. The van der Waals surface area contributed by atoms with Crippen LogP contribution in [0.3, 0.4) is 0 Å². The van der Waals surface area contributed by atoms with Crippen LogP contribution in [0.25, 0.3) is 22.2 Å². The van der Waals surface area contributed by atoms with E-state index in [0.717, 1.165) is 29.7 Å². The minimum atomic E-state index is -0.0838. The van der Waals surface area contributed by atoms with Crippen molar-refractivity contribution >= 4 is 16.7 Å². The zero-order valence-corrected chi connectivity index (χ0v) is 14.4. The van der Waals surface area contributed by atoms with Gasteiger partial charge in [0.25, 0.3) is 5.56 Å². The number of aromatic nitrogens is 3. The Bertz CT molecular complexity index is 987. The smallest absolute Gasteiger partial charge is 0.264 e. The molecule has 1 atom stereocenters. The molecule has 0 aliphatic heterocycles. The van der Waals surface area contributed by atoms with Crippen molar-refractivity contribution in [2.45, 2.75) is 31.8 Å². The largest absolute Gasteiger partial charge is 0.367 e. The Labute approximate surface area is 145 Å². The van der Waals surface area contributed by atoms with Crippen molar-refractivity contribution in [3.63, 3.8) is 0 Å². The van der Waals surface area contributed by atoms with Gasteiger partial charge in [0.05, 0.1) is 17.5 Å². The van der Waals surface area contributed by atoms with Gasteiger partial charge in [0.2, 0.25) is 0 Å². The van der Waals surface area contributed by atoms with Crippen LogP contribution in [-0.2, 0) is 7.05 Å². The summed E-state index contributed by atoms with van der Waals surface area (Å²) in [4.78, 5) is 21.7. The lowest BCUT2D eigenvalue weighted by molar-refractivity contribution is 0.818. The van der Waals surface area contributed by atoms with Gasteiger partial charge in [-0.2, -0.15) is 0 Å². The van der Waals surface area contributed by atoms with Crippen molar-refractivity contribution in [2.24, 2.45) is 12.8 Å². The second-order valence-electron chi connectivity index (χ2n) is 6.74. The van der Waals surface area contributed by atoms with Crippen LogP contribution < -0.4 is 16.6 Å². The zero-order valence-electron chi connectivity index (χ0n) is 14.4. The van der Waals surface area contributed by atoms with E-state index in [-0.39, 0.29) is 11.6 Å². The van der Waals surface area contributed by atoms with E-state index in [1.807, 2.05) is 37.3 Å². The summed E-state index contributed by atoms with van der Waals surface area (Å²) in [5.74, 6) is 0.625. The van der Waals surface area contributed by atoms with E-state index in [4.69, 9.17) is 10.7 Å². The fraction of sp³-hybridized carbons (Fsp3) is 0.316. The molecule has 1 aromatic carbocycles. The van der Waals surface area contributed by atoms with Crippen LogP contribution in [0.1, 0.15) is 31.4 Å². The third kappa shape index (κ3) is 3.00. The van der Waals surface area contributed by atoms with Crippen LogP contribution in [-0.4, -0.2) is 20.6 Å². The fourth-order valence-electron chi connectivity index (χ4n) is 2.85. The average molecular weight is 335 g/mol. The SMILES string of the molecule is C[C@H](N)c1ccc(-c2cc3ncn(C)c(=O)c3c(NC3CC3)n2)cc1. The Balaban J connectivity index is 1.87. The summed E-state index contributed by atoms with van der Waals surface area (Å²) in [6.45, 7) is 1.96. The molecule has 1 fully saturated rings. The van der Waals surface area contributed by atoms with E-state index in [1.165, 1.54) is 4.57 Å². The van der Waals surface area contributed by atoms with Crippen LogP contribution in [0.15, 0.2) is 41.5 Å². The van der Waals surface area contributed by atoms with Gasteiger partial charge in [-0.05, 0) is 31.4 Å². The number of aryl methyl sites for hydroxylation is 1. The maximum atomic E-state index is 12.5. The first kappa shape index (κ1) is 15.8. The molecular weight excluding hydrogens is 314 g/mol. The van der Waals surface area contributed by atoms with Gasteiger partial charge in [-0.1, -0.05) is 24.3 Å². The van der Waals surface area contributed by atoms with Gasteiger partial charge in [-0.15, -0.1) is 0 Å². The number of nitrogens with two attached hydrogens (primary N) is 1. The maximum Gasteiger partial charge on any atom is 0.264 e. The molecule has 4 rings (SSSR count). The van der Waals surface area contributed by atoms with Gasteiger partial charge in [0.15, 0.2) is 0 Å². The summed E-state index contributed by atoms with van der Waals surface area (Å²) in [7, 11) is 1.70. The van der Waals surface area contributed by atoms with Gasteiger partial charge in [-0.25, -0.2) is 9.97 Å². The lowest BCUT2D eigenvalue weighted by atomic mass is 10.0. The third-order valence-electron chi connectivity index (χ3n) is 4.55. The van der Waals surface area contributed by atoms with Crippen LogP contribution in [0.5, 0.6) is 0 Å². The second-order valence-corrected chi connectivity index (χ2v) is 6.74. The van der Waals surface area contributed by atoms with Gasteiger partial charge in [-0.3, -0.25) is 4.79 Å². The summed E-state index contributed by atoms with van der Waals surface area (Å²) in [6.07, 6.45) is 3.77. The highest BCUT2D eigenvalue weighted by Gasteiger charge is 2.24. The highest BCUT2D eigenvalue weighted by atomic mass is 16.1. The Morgan fingerprint density at radius 1 is 1.28 bits per heavy atom. The minimum Gasteiger partial charge on any atom is -0.367 e. The van der Waals surface area contributed by atoms with E-state index < -0.39 is 0 Å². The summed E-state index contributed by atoms with van der Waals surface area (Å²) in [6, 6.07) is 10.3. The fourth-order valence-corrected chi connectivity index (χ4v) is 2.85. The second kappa shape index (κ2) is 5.97. The maximum absolute atomic E-state index is 12.5. The van der Waals surface area contributed by atoms with Crippen molar-refractivity contribution in [3.05, 3.63) is 52.6 Å². The van der Waals surface area contributed by atoms with Gasteiger partial charge in [0.1, 0.15) is 11.2 Å². The van der Waals surface area contributed by atoms with Gasteiger partial charge < -0.3 is 15.6 Å². The number of benzene rings is 1. The van der Waals surface area contributed by atoms with Crippen LogP contribution in [0, 0.1) is 0 Å². The van der Waals surface area contributed by atoms with E-state index in [9.17, 15) is 4.79 Å². The Morgan fingerprint density at radius 3 is 2.64 bits per heavy atom. The first-order valence-corrected chi connectivity index (χ1v) is 8.52. The van der Waals surface area contributed by atoms with E-state index in [2.05, 4.69) is 10.3 Å². The van der Waals surface area contributed by atoms with Gasteiger partial charge in [0, 0.05) is 24.7 Å². The van der Waals surface area contributed by atoms with Crippen molar-refractivity contribution in [1.82, 2.24) is 14.5 Å². The highest BCUT2D eigenvalue weighted by molar-refractivity contribution is 5.91. The van der Waals surface area contributed by atoms with E-state index >= 15 is 0 Å². The molecule has 25 heavy (non-hydrogen) atoms. The average Bonchev–Trinajstić information content (AvgIpc) is 3.42. The molecule has 0 amide bonds. The third-order valence-corrected chi connectivity index (χ3v) is 4.55. The van der Waals surface area contributed by atoms with Crippen LogP contribution in [0.4, 0.5) is 5.82 Å². The number of hydrogen-bond donors (Lipinski definition) is 2. The molecule has 0 saturated heterocycles. The molecule has 2 heterocycles. The minimum absolute atomic E-state index is 0.00426. The monoisotopic (exact) mass is 335 g/mol. The molecule has 0 radical (unpaired) electrons. The van der Waals surface area contributed by atoms with Crippen molar-refractivity contribution in [3.8, 4) is 11.3 Å². The summed E-state index contributed by atoms with van der Waals surface area (Å²) >= 11 is 0. The summed E-state index contributed by atoms with van der Waals surface area (Å²) in [5, 5.41) is 3.93. The Morgan fingerprint density at radius 2 is 2.00 bits per heavy atom. The van der Waals surface area contributed by atoms with E-state index in [1.54, 1.807) is 13.4 Å². The molecule has 1 aliphatic carbocycles. The Hall–Kier alpha value is -2.73. The lowest BCUT2D eigenvalue weighted by Crippen LogP contribution is -2.19. The molecule has 3 aromatic rings. The zero-order chi connectivity index (χ0) is 17.6. The van der Waals surface area contributed by atoms with Crippen molar-refractivity contribution < 1.29 is 0 Å². The molecule has 6 heteroatoms. The van der Waals surface area contributed by atoms with Crippen molar-refractivity contribution in [1.29, 1.82) is 0 Å². The molecule has 6 nitrogen and oxygen atoms in total. The number of anilines is 1. The normalized spacial score (nSPS) is 15.3. The topological polar surface area (TPSA) is 85.8 Å². The molecule has 0 unspecified atom stereocenters. The molecule has 0 spiro atoms. The molecule has 128 valence electrons. The molecule has 1 aliphatic rings. The first-order valence-electron chi connectivity index (χ1n) is 8.52. The number of nitrogens with one attached hydrogen (secondary N) is 1. The highest BCUT2D eigenvalue weighted by Crippen LogP contribution is 2.30. The van der Waals surface area contributed by atoms with Gasteiger partial charge >= 0.3 is 0 Å². The first-order chi connectivity index (χ1) is 12.0. The summed E-state index contributed by atoms with van der Waals surface area (Å²) in [5.41, 5.74) is 9.35. The molecule has 0 bridgehead atoms. The standard InChI is InChI=1S/C19H21N5O/c1-11(20)12-3-5-13(6-4-12)15-9-16-17(19(25)24(2)10-21-16)18(23-15)22-14-7-8-14/h3-6,9-11,14H,7-8,20H2,1-2H3,(H,22,23)/t11-/m0/s1.